The van der Waals surface area contributed by atoms with Crippen molar-refractivity contribution >= 4 is 50.9 Å². The predicted molar refractivity (Wildman–Crippen MR) is 139 cm³/mol. The number of nitrogens with zero attached hydrogens (tertiary/aromatic N) is 2. The number of hydrogen-bond donors (Lipinski definition) is 0. The third-order valence-electron chi connectivity index (χ3n) is 5.79. The zero-order chi connectivity index (χ0) is 25.6. The van der Waals surface area contributed by atoms with Gasteiger partial charge in [0.25, 0.3) is 5.56 Å². The maximum atomic E-state index is 13.8. The molecule has 0 amide bonds. The molecule has 3 heterocycles. The Balaban J connectivity index is 1.72. The van der Waals surface area contributed by atoms with E-state index in [2.05, 4.69) is 20.9 Å². The number of thiazole rings is 1. The average Bonchev–Trinajstić information content (AvgIpc) is 3.42. The van der Waals surface area contributed by atoms with Crippen LogP contribution in [0.1, 0.15) is 31.0 Å². The fraction of sp³-hybridized carbons (Fsp3) is 0.240. The normalized spacial score (nSPS) is 16.6. The molecule has 5 rings (SSSR count). The first-order chi connectivity index (χ1) is 17.3. The number of rotatable bonds is 5. The smallest absolute Gasteiger partial charge is 0.338 e. The van der Waals surface area contributed by atoms with Gasteiger partial charge < -0.3 is 18.9 Å². The summed E-state index contributed by atoms with van der Waals surface area (Å²) in [5.41, 5.74) is 1.79. The van der Waals surface area contributed by atoms with Gasteiger partial charge in [0, 0.05) is 6.07 Å². The van der Waals surface area contributed by atoms with Crippen LogP contribution in [0.4, 0.5) is 0 Å². The summed E-state index contributed by atoms with van der Waals surface area (Å²) in [5, 5.41) is 0.420. The minimum atomic E-state index is -0.739. The highest BCUT2D eigenvalue weighted by Crippen LogP contribution is 2.37. The molecule has 0 bridgehead atoms. The molecule has 186 valence electrons. The molecule has 2 aromatic carbocycles. The van der Waals surface area contributed by atoms with E-state index in [1.165, 1.54) is 15.9 Å². The molecular weight excluding hydrogens is 572 g/mol. The Kier molecular flexibility index (Phi) is 6.67. The number of aromatic nitrogens is 1. The van der Waals surface area contributed by atoms with Crippen molar-refractivity contribution in [3.8, 4) is 17.2 Å². The summed E-state index contributed by atoms with van der Waals surface area (Å²) in [5.74, 6) is 1.21. The lowest BCUT2D eigenvalue weighted by molar-refractivity contribution is -0.139. The van der Waals surface area contributed by atoms with Crippen molar-refractivity contribution < 1.29 is 23.7 Å². The van der Waals surface area contributed by atoms with Crippen LogP contribution in [-0.2, 0) is 9.53 Å². The van der Waals surface area contributed by atoms with E-state index in [0.717, 1.165) is 0 Å². The Morgan fingerprint density at radius 2 is 2.06 bits per heavy atom. The van der Waals surface area contributed by atoms with Gasteiger partial charge in [0.05, 0.1) is 45.1 Å². The van der Waals surface area contributed by atoms with Crippen LogP contribution in [-0.4, -0.2) is 31.0 Å². The van der Waals surface area contributed by atoms with Crippen molar-refractivity contribution in [1.82, 2.24) is 4.57 Å². The summed E-state index contributed by atoms with van der Waals surface area (Å²) in [7, 11) is 1.57. The molecule has 3 aromatic rings. The lowest BCUT2D eigenvalue weighted by atomic mass is 9.96. The lowest BCUT2D eigenvalue weighted by Gasteiger charge is -2.25. The van der Waals surface area contributed by atoms with Gasteiger partial charge in [-0.15, -0.1) is 0 Å². The maximum absolute atomic E-state index is 13.8. The molecule has 1 aromatic heterocycles. The van der Waals surface area contributed by atoms with E-state index in [1.807, 2.05) is 12.1 Å². The minimum Gasteiger partial charge on any atom is -0.496 e. The van der Waals surface area contributed by atoms with E-state index < -0.39 is 12.0 Å². The van der Waals surface area contributed by atoms with Crippen molar-refractivity contribution in [2.75, 3.05) is 20.5 Å². The second kappa shape index (κ2) is 9.76. The number of halogens is 2. The van der Waals surface area contributed by atoms with E-state index in [4.69, 9.17) is 30.5 Å². The van der Waals surface area contributed by atoms with Gasteiger partial charge in [-0.1, -0.05) is 29.0 Å². The molecule has 0 saturated carbocycles. The molecule has 0 spiro atoms. The van der Waals surface area contributed by atoms with Crippen LogP contribution in [0.15, 0.2) is 55.9 Å². The molecule has 0 saturated heterocycles. The summed E-state index contributed by atoms with van der Waals surface area (Å²) < 4.78 is 24.1. The molecule has 0 fully saturated rings. The largest absolute Gasteiger partial charge is 0.496 e. The summed E-state index contributed by atoms with van der Waals surface area (Å²) in [6.07, 6.45) is 1.69. The number of ether oxygens (including phenoxy) is 4. The maximum Gasteiger partial charge on any atom is 0.338 e. The van der Waals surface area contributed by atoms with Gasteiger partial charge >= 0.3 is 5.97 Å². The first-order valence-corrected chi connectivity index (χ1v) is 12.9. The molecule has 11 heteroatoms. The van der Waals surface area contributed by atoms with E-state index in [1.54, 1.807) is 45.2 Å². The number of esters is 1. The van der Waals surface area contributed by atoms with Crippen molar-refractivity contribution in [2.45, 2.75) is 19.9 Å². The van der Waals surface area contributed by atoms with Crippen molar-refractivity contribution in [3.63, 3.8) is 0 Å². The number of allylic oxidation sites excluding steroid dienone is 1. The van der Waals surface area contributed by atoms with Crippen LogP contribution in [0.25, 0.3) is 6.08 Å². The second-order valence-electron chi connectivity index (χ2n) is 7.92. The van der Waals surface area contributed by atoms with Crippen LogP contribution in [0, 0.1) is 0 Å². The van der Waals surface area contributed by atoms with Crippen LogP contribution in [0.3, 0.4) is 0 Å². The third-order valence-corrected chi connectivity index (χ3v) is 7.72. The third kappa shape index (κ3) is 4.23. The van der Waals surface area contributed by atoms with Gasteiger partial charge in [0.15, 0.2) is 16.3 Å². The second-order valence-corrected chi connectivity index (χ2v) is 10.2. The quantitative estimate of drug-likeness (QED) is 0.418. The Labute approximate surface area is 223 Å². The standard InChI is InChI=1S/C25H20BrClN2O6S/c1-4-33-24(31)21-12(2)28-25-29(22(21)13-5-6-17(32-3)15(26)7-13)23(30)20(36-25)9-14-8-18-19(10-16(14)27)35-11-34-18/h5-10,22H,4,11H2,1-3H3/b20-9+. The Morgan fingerprint density at radius 1 is 1.31 bits per heavy atom. The first kappa shape index (κ1) is 24.6. The molecule has 8 nitrogen and oxygen atoms in total. The van der Waals surface area contributed by atoms with Gasteiger partial charge in [0.1, 0.15) is 5.75 Å². The van der Waals surface area contributed by atoms with Crippen LogP contribution < -0.4 is 29.1 Å². The Morgan fingerprint density at radius 3 is 2.75 bits per heavy atom. The van der Waals surface area contributed by atoms with Gasteiger partial charge in [-0.25, -0.2) is 9.79 Å². The zero-order valence-electron chi connectivity index (χ0n) is 19.5. The Bertz CT molecular complexity index is 1610. The zero-order valence-corrected chi connectivity index (χ0v) is 22.6. The molecule has 0 aliphatic carbocycles. The molecule has 2 aliphatic heterocycles. The van der Waals surface area contributed by atoms with Gasteiger partial charge in [-0.3, -0.25) is 9.36 Å². The summed E-state index contributed by atoms with van der Waals surface area (Å²) in [6.45, 7) is 3.78. The monoisotopic (exact) mass is 590 g/mol. The summed E-state index contributed by atoms with van der Waals surface area (Å²) in [4.78, 5) is 31.8. The number of benzene rings is 2. The molecule has 0 N–H and O–H groups in total. The van der Waals surface area contributed by atoms with E-state index in [-0.39, 0.29) is 19.0 Å². The number of carbonyl (C=O) groups excluding carboxylic acids is 1. The molecule has 0 radical (unpaired) electrons. The van der Waals surface area contributed by atoms with Gasteiger partial charge in [-0.2, -0.15) is 0 Å². The summed E-state index contributed by atoms with van der Waals surface area (Å²) >= 11 is 11.2. The number of fused-ring (bicyclic) bond motifs is 2. The average molecular weight is 592 g/mol. The van der Waals surface area contributed by atoms with Crippen LogP contribution in [0.5, 0.6) is 17.2 Å². The molecule has 1 atom stereocenters. The SMILES string of the molecule is CCOC(=O)C1=C(C)N=c2s/c(=C/c3cc4c(cc3Cl)OCO4)c(=O)n2C1c1ccc(OC)c(Br)c1. The van der Waals surface area contributed by atoms with Crippen molar-refractivity contribution in [3.05, 3.63) is 81.9 Å². The molecule has 2 aliphatic rings. The van der Waals surface area contributed by atoms with Gasteiger partial charge in [-0.05, 0) is 65.2 Å². The van der Waals surface area contributed by atoms with Crippen molar-refractivity contribution in [1.29, 1.82) is 0 Å². The number of hydrogen-bond acceptors (Lipinski definition) is 8. The minimum absolute atomic E-state index is 0.116. The fourth-order valence-corrected chi connectivity index (χ4v) is 5.95. The van der Waals surface area contributed by atoms with Crippen molar-refractivity contribution in [2.24, 2.45) is 4.99 Å². The van der Waals surface area contributed by atoms with E-state index >= 15 is 0 Å². The molecule has 1 unspecified atom stereocenters. The summed E-state index contributed by atoms with van der Waals surface area (Å²) in [6, 6.07) is 8.08. The highest BCUT2D eigenvalue weighted by atomic mass is 79.9. The predicted octanol–water partition coefficient (Wildman–Crippen LogP) is 3.95. The highest BCUT2D eigenvalue weighted by molar-refractivity contribution is 9.10. The van der Waals surface area contributed by atoms with E-state index in [0.29, 0.717) is 58.5 Å². The fourth-order valence-electron chi connectivity index (χ4n) is 4.14. The first-order valence-electron chi connectivity index (χ1n) is 10.9. The molecular formula is C25H20BrClN2O6S. The van der Waals surface area contributed by atoms with Gasteiger partial charge in [0.2, 0.25) is 6.79 Å². The topological polar surface area (TPSA) is 88.4 Å². The van der Waals surface area contributed by atoms with E-state index in [9.17, 15) is 9.59 Å². The Hall–Kier alpha value is -3.08. The molecule has 36 heavy (non-hydrogen) atoms. The lowest BCUT2D eigenvalue weighted by Crippen LogP contribution is -2.40. The number of methoxy groups -OCH3 is 1. The number of carbonyl (C=O) groups is 1. The van der Waals surface area contributed by atoms with Crippen LogP contribution >= 0.6 is 38.9 Å². The van der Waals surface area contributed by atoms with Crippen LogP contribution in [0.2, 0.25) is 5.02 Å². The highest BCUT2D eigenvalue weighted by Gasteiger charge is 2.33.